The van der Waals surface area contributed by atoms with E-state index in [0.717, 1.165) is 23.4 Å². The van der Waals surface area contributed by atoms with Crippen molar-refractivity contribution in [3.05, 3.63) is 51.6 Å². The van der Waals surface area contributed by atoms with Crippen molar-refractivity contribution in [1.29, 1.82) is 0 Å². The zero-order valence-electron chi connectivity index (χ0n) is 21.6. The molecule has 5 rings (SSSR count). The molecule has 1 aromatic heterocycles. The molecule has 202 valence electrons. The molecular weight excluding hydrogens is 510 g/mol. The highest BCUT2D eigenvalue weighted by molar-refractivity contribution is 7.22. The summed E-state index contributed by atoms with van der Waals surface area (Å²) < 4.78 is 17.3. The number of thiazole rings is 1. The van der Waals surface area contributed by atoms with Gasteiger partial charge in [-0.25, -0.2) is 4.98 Å². The maximum Gasteiger partial charge on any atom is 0.293 e. The normalized spacial score (nSPS) is 16.5. The molecule has 12 heteroatoms. The Morgan fingerprint density at radius 2 is 1.84 bits per heavy atom. The number of carbonyl (C=O) groups is 1. The van der Waals surface area contributed by atoms with Crippen LogP contribution >= 0.6 is 11.3 Å². The SMILES string of the molecule is COc1ccc(C)c2sc(N(CCN3CCOCC3)C(=O)c3ccc(N4CCOCC4)c([N+](=O)[O-])c3)nc12. The fourth-order valence-corrected chi connectivity index (χ4v) is 5.83. The van der Waals surface area contributed by atoms with E-state index in [0.29, 0.717) is 74.7 Å². The quantitative estimate of drug-likeness (QED) is 0.313. The third-order valence-corrected chi connectivity index (χ3v) is 8.12. The van der Waals surface area contributed by atoms with E-state index in [9.17, 15) is 14.9 Å². The zero-order chi connectivity index (χ0) is 26.6. The third-order valence-electron chi connectivity index (χ3n) is 6.90. The van der Waals surface area contributed by atoms with Crippen LogP contribution in [0.2, 0.25) is 0 Å². The van der Waals surface area contributed by atoms with Gasteiger partial charge in [0.1, 0.15) is 17.0 Å². The zero-order valence-corrected chi connectivity index (χ0v) is 22.4. The van der Waals surface area contributed by atoms with Crippen LogP contribution in [0.25, 0.3) is 10.2 Å². The minimum absolute atomic E-state index is 0.0901. The third kappa shape index (κ3) is 5.44. The second-order valence-corrected chi connectivity index (χ2v) is 10.2. The van der Waals surface area contributed by atoms with Gasteiger partial charge in [0.05, 0.1) is 43.2 Å². The molecule has 1 amide bonds. The number of fused-ring (bicyclic) bond motifs is 1. The molecule has 2 aliphatic heterocycles. The van der Waals surface area contributed by atoms with Crippen LogP contribution in [0.5, 0.6) is 5.75 Å². The van der Waals surface area contributed by atoms with Gasteiger partial charge >= 0.3 is 0 Å². The minimum Gasteiger partial charge on any atom is -0.494 e. The van der Waals surface area contributed by atoms with Crippen molar-refractivity contribution in [1.82, 2.24) is 9.88 Å². The lowest BCUT2D eigenvalue weighted by atomic mass is 10.1. The Morgan fingerprint density at radius 1 is 1.13 bits per heavy atom. The number of amides is 1. The van der Waals surface area contributed by atoms with Crippen LogP contribution in [0.15, 0.2) is 30.3 Å². The van der Waals surface area contributed by atoms with Crippen LogP contribution in [-0.4, -0.2) is 93.5 Å². The maximum absolute atomic E-state index is 14.0. The van der Waals surface area contributed by atoms with E-state index in [-0.39, 0.29) is 17.2 Å². The standard InChI is InChI=1S/C26H31N5O6S/c1-18-3-6-22(35-2)23-24(18)38-26(27-23)30(8-7-28-9-13-36-14-10-28)25(32)19-4-5-20(21(17-19)31(33)34)29-11-15-37-16-12-29/h3-6,17H,7-16H2,1-2H3. The van der Waals surface area contributed by atoms with Gasteiger partial charge in [0, 0.05) is 50.9 Å². The van der Waals surface area contributed by atoms with E-state index < -0.39 is 4.92 Å². The molecule has 2 saturated heterocycles. The molecule has 11 nitrogen and oxygen atoms in total. The Hall–Kier alpha value is -3.32. The second-order valence-electron chi connectivity index (χ2n) is 9.23. The first kappa shape index (κ1) is 26.3. The van der Waals surface area contributed by atoms with Crippen LogP contribution in [0, 0.1) is 17.0 Å². The number of aryl methyl sites for hydroxylation is 1. The fraction of sp³-hybridized carbons (Fsp3) is 0.462. The fourth-order valence-electron chi connectivity index (χ4n) is 4.76. The number of nitro benzene ring substituents is 1. The van der Waals surface area contributed by atoms with Crippen LogP contribution in [0.1, 0.15) is 15.9 Å². The summed E-state index contributed by atoms with van der Waals surface area (Å²) in [6, 6.07) is 8.56. The highest BCUT2D eigenvalue weighted by atomic mass is 32.1. The van der Waals surface area contributed by atoms with Gasteiger partial charge in [-0.3, -0.25) is 24.7 Å². The molecule has 3 heterocycles. The molecule has 2 fully saturated rings. The van der Waals surface area contributed by atoms with E-state index in [1.165, 1.54) is 17.4 Å². The number of hydrogen-bond donors (Lipinski definition) is 0. The number of carbonyl (C=O) groups excluding carboxylic acids is 1. The van der Waals surface area contributed by atoms with Crippen molar-refractivity contribution in [2.75, 3.05) is 82.6 Å². The van der Waals surface area contributed by atoms with E-state index in [1.54, 1.807) is 24.1 Å². The van der Waals surface area contributed by atoms with E-state index in [1.807, 2.05) is 24.0 Å². The molecule has 0 aliphatic carbocycles. The number of aromatic nitrogens is 1. The molecule has 2 aromatic carbocycles. The number of ether oxygens (including phenoxy) is 3. The van der Waals surface area contributed by atoms with Crippen molar-refractivity contribution in [3.8, 4) is 5.75 Å². The lowest BCUT2D eigenvalue weighted by Gasteiger charge is -2.30. The average molecular weight is 542 g/mol. The van der Waals surface area contributed by atoms with Crippen LogP contribution in [0.3, 0.4) is 0 Å². The van der Waals surface area contributed by atoms with Gasteiger partial charge < -0.3 is 19.1 Å². The Morgan fingerprint density at radius 3 is 2.53 bits per heavy atom. The van der Waals surface area contributed by atoms with E-state index in [4.69, 9.17) is 19.2 Å². The van der Waals surface area contributed by atoms with Gasteiger partial charge in [0.25, 0.3) is 11.6 Å². The monoisotopic (exact) mass is 541 g/mol. The number of morpholine rings is 2. The van der Waals surface area contributed by atoms with E-state index in [2.05, 4.69) is 4.90 Å². The first-order valence-electron chi connectivity index (χ1n) is 12.6. The smallest absolute Gasteiger partial charge is 0.293 e. The first-order chi connectivity index (χ1) is 18.5. The highest BCUT2D eigenvalue weighted by Crippen LogP contribution is 2.37. The van der Waals surface area contributed by atoms with Gasteiger partial charge in [0.15, 0.2) is 5.13 Å². The van der Waals surface area contributed by atoms with Gasteiger partial charge in [0.2, 0.25) is 0 Å². The van der Waals surface area contributed by atoms with Crippen molar-refractivity contribution in [3.63, 3.8) is 0 Å². The summed E-state index contributed by atoms with van der Waals surface area (Å²) >= 11 is 1.42. The Labute approximate surface area is 224 Å². The number of anilines is 2. The number of rotatable bonds is 8. The topological polar surface area (TPSA) is 111 Å². The van der Waals surface area contributed by atoms with Crippen molar-refractivity contribution in [2.45, 2.75) is 6.92 Å². The predicted octanol–water partition coefficient (Wildman–Crippen LogP) is 3.34. The van der Waals surface area contributed by atoms with Crippen LogP contribution in [-0.2, 0) is 9.47 Å². The van der Waals surface area contributed by atoms with Crippen LogP contribution in [0.4, 0.5) is 16.5 Å². The summed E-state index contributed by atoms with van der Waals surface area (Å²) in [5, 5.41) is 12.5. The number of nitrogens with zero attached hydrogens (tertiary/aromatic N) is 5. The molecule has 2 aliphatic rings. The number of methoxy groups -OCH3 is 1. The van der Waals surface area contributed by atoms with Gasteiger partial charge in [-0.15, -0.1) is 0 Å². The summed E-state index contributed by atoms with van der Waals surface area (Å²) in [6.45, 7) is 8.04. The molecule has 0 atom stereocenters. The van der Waals surface area contributed by atoms with Gasteiger partial charge in [-0.1, -0.05) is 17.4 Å². The molecule has 0 unspecified atom stereocenters. The van der Waals surface area contributed by atoms with Gasteiger partial charge in [-0.2, -0.15) is 0 Å². The van der Waals surface area contributed by atoms with Crippen LogP contribution < -0.4 is 14.5 Å². The van der Waals surface area contributed by atoms with Crippen molar-refractivity contribution in [2.24, 2.45) is 0 Å². The Kier molecular flexibility index (Phi) is 8.03. The molecule has 38 heavy (non-hydrogen) atoms. The molecule has 0 bridgehead atoms. The maximum atomic E-state index is 14.0. The van der Waals surface area contributed by atoms with Crippen molar-refractivity contribution >= 4 is 44.0 Å². The number of benzene rings is 2. The largest absolute Gasteiger partial charge is 0.494 e. The summed E-state index contributed by atoms with van der Waals surface area (Å²) in [5.74, 6) is 0.310. The molecule has 3 aromatic rings. The summed E-state index contributed by atoms with van der Waals surface area (Å²) in [5.41, 5.74) is 2.39. The predicted molar refractivity (Wildman–Crippen MR) is 146 cm³/mol. The number of hydrogen-bond acceptors (Lipinski definition) is 10. The van der Waals surface area contributed by atoms with Crippen molar-refractivity contribution < 1.29 is 23.9 Å². The summed E-state index contributed by atoms with van der Waals surface area (Å²) in [7, 11) is 1.60. The first-order valence-corrected chi connectivity index (χ1v) is 13.4. The molecular formula is C26H31N5O6S. The molecule has 0 N–H and O–H groups in total. The Balaban J connectivity index is 1.50. The lowest BCUT2D eigenvalue weighted by molar-refractivity contribution is -0.384. The summed E-state index contributed by atoms with van der Waals surface area (Å²) in [4.78, 5) is 36.2. The lowest BCUT2D eigenvalue weighted by Crippen LogP contribution is -2.43. The minimum atomic E-state index is -0.425. The average Bonchev–Trinajstić information content (AvgIpc) is 3.40. The van der Waals surface area contributed by atoms with Gasteiger partial charge in [-0.05, 0) is 30.7 Å². The molecule has 0 spiro atoms. The van der Waals surface area contributed by atoms with E-state index >= 15 is 0 Å². The highest BCUT2D eigenvalue weighted by Gasteiger charge is 2.28. The number of nitro groups is 1. The molecule has 0 radical (unpaired) electrons. The Bertz CT molecular complexity index is 1320. The summed E-state index contributed by atoms with van der Waals surface area (Å²) in [6.07, 6.45) is 0. The molecule has 0 saturated carbocycles. The second kappa shape index (κ2) is 11.6.